The van der Waals surface area contributed by atoms with Crippen molar-refractivity contribution in [1.29, 1.82) is 0 Å². The van der Waals surface area contributed by atoms with Gasteiger partial charge in [0.05, 0.1) is 0 Å². The average molecular weight is 241 g/mol. The number of ether oxygens (including phenoxy) is 1. The molecule has 0 bridgehead atoms. The monoisotopic (exact) mass is 241 g/mol. The molecule has 3 unspecified atom stereocenters. The van der Waals surface area contributed by atoms with Gasteiger partial charge in [-0.15, -0.1) is 0 Å². The van der Waals surface area contributed by atoms with Gasteiger partial charge in [0.1, 0.15) is 5.60 Å². The van der Waals surface area contributed by atoms with E-state index in [4.69, 9.17) is 9.84 Å². The number of amides is 1. The van der Waals surface area contributed by atoms with E-state index in [2.05, 4.69) is 0 Å². The van der Waals surface area contributed by atoms with Crippen LogP contribution in [-0.4, -0.2) is 41.4 Å². The Morgan fingerprint density at radius 2 is 2.12 bits per heavy atom. The molecule has 2 rings (SSSR count). The summed E-state index contributed by atoms with van der Waals surface area (Å²) in [5.74, 6) is 1.84. The molecule has 0 aromatic carbocycles. The van der Waals surface area contributed by atoms with E-state index in [0.29, 0.717) is 17.8 Å². The predicted molar refractivity (Wildman–Crippen MR) is 64.6 cm³/mol. The first kappa shape index (κ1) is 12.7. The Bertz CT molecular complexity index is 298. The normalized spacial score (nSPS) is 32.0. The maximum absolute atomic E-state index is 11.9. The van der Waals surface area contributed by atoms with Crippen molar-refractivity contribution in [3.63, 3.8) is 0 Å². The van der Waals surface area contributed by atoms with Gasteiger partial charge in [-0.1, -0.05) is 0 Å². The number of aliphatic hydroxyl groups is 1. The number of carbonyl (C=O) groups is 1. The molecule has 1 N–H and O–H groups in total. The highest BCUT2D eigenvalue weighted by Gasteiger charge is 2.48. The van der Waals surface area contributed by atoms with Crippen molar-refractivity contribution in [1.82, 2.24) is 4.90 Å². The van der Waals surface area contributed by atoms with Crippen molar-refractivity contribution in [2.24, 2.45) is 17.8 Å². The molecule has 98 valence electrons. The van der Waals surface area contributed by atoms with E-state index in [1.54, 1.807) is 0 Å². The average Bonchev–Trinajstić information content (AvgIpc) is 2.50. The molecule has 4 nitrogen and oxygen atoms in total. The van der Waals surface area contributed by atoms with Crippen molar-refractivity contribution < 1.29 is 14.6 Å². The predicted octanol–water partition coefficient (Wildman–Crippen LogP) is 1.87. The fourth-order valence-corrected chi connectivity index (χ4v) is 3.02. The number of hydrogen-bond donors (Lipinski definition) is 1. The van der Waals surface area contributed by atoms with E-state index in [1.807, 2.05) is 25.7 Å². The highest BCUT2D eigenvalue weighted by Crippen LogP contribution is 2.47. The van der Waals surface area contributed by atoms with E-state index in [0.717, 1.165) is 25.9 Å². The standard InChI is InChI=1S/C13H23NO3/c1-13(2,3)17-12(16)14-7-10-6-9(4-5-15)11(10)8-14/h9-11,15H,4-8H2,1-3H3. The third-order valence-electron chi connectivity index (χ3n) is 3.85. The first-order valence-corrected chi connectivity index (χ1v) is 6.49. The minimum Gasteiger partial charge on any atom is -0.444 e. The Labute approximate surface area is 103 Å². The number of carbonyl (C=O) groups excluding carboxylic acids is 1. The van der Waals surface area contributed by atoms with Gasteiger partial charge in [0.2, 0.25) is 0 Å². The molecule has 4 heteroatoms. The third-order valence-corrected chi connectivity index (χ3v) is 3.85. The second-order valence-corrected chi connectivity index (χ2v) is 6.32. The van der Waals surface area contributed by atoms with Gasteiger partial charge in [-0.25, -0.2) is 4.79 Å². The topological polar surface area (TPSA) is 49.8 Å². The number of rotatable bonds is 2. The van der Waals surface area contributed by atoms with Crippen molar-refractivity contribution in [3.05, 3.63) is 0 Å². The van der Waals surface area contributed by atoms with Crippen LogP contribution in [0.1, 0.15) is 33.6 Å². The Kier molecular flexibility index (Phi) is 3.34. The lowest BCUT2D eigenvalue weighted by molar-refractivity contribution is 0.0286. The summed E-state index contributed by atoms with van der Waals surface area (Å²) in [5.41, 5.74) is -0.413. The van der Waals surface area contributed by atoms with Crippen LogP contribution >= 0.6 is 0 Å². The van der Waals surface area contributed by atoms with Crippen LogP contribution in [0.25, 0.3) is 0 Å². The van der Waals surface area contributed by atoms with Gasteiger partial charge in [0, 0.05) is 19.7 Å². The van der Waals surface area contributed by atoms with E-state index in [-0.39, 0.29) is 12.7 Å². The molecule has 0 aromatic heterocycles. The van der Waals surface area contributed by atoms with Gasteiger partial charge in [0.25, 0.3) is 0 Å². The molecule has 2 aliphatic rings. The van der Waals surface area contributed by atoms with Crippen LogP contribution in [0.3, 0.4) is 0 Å². The molecule has 1 amide bonds. The summed E-state index contributed by atoms with van der Waals surface area (Å²) in [5, 5.41) is 8.94. The van der Waals surface area contributed by atoms with Gasteiger partial charge >= 0.3 is 6.09 Å². The van der Waals surface area contributed by atoms with Crippen molar-refractivity contribution in [2.45, 2.75) is 39.2 Å². The SMILES string of the molecule is CC(C)(C)OC(=O)N1CC2CC(CCO)C2C1. The van der Waals surface area contributed by atoms with Crippen LogP contribution < -0.4 is 0 Å². The molecule has 0 radical (unpaired) electrons. The van der Waals surface area contributed by atoms with Crippen molar-refractivity contribution in [2.75, 3.05) is 19.7 Å². The molecule has 0 spiro atoms. The van der Waals surface area contributed by atoms with Crippen LogP contribution in [-0.2, 0) is 4.74 Å². The Hall–Kier alpha value is -0.770. The summed E-state index contributed by atoms with van der Waals surface area (Å²) < 4.78 is 5.38. The van der Waals surface area contributed by atoms with Gasteiger partial charge in [0.15, 0.2) is 0 Å². The molecule has 1 heterocycles. The van der Waals surface area contributed by atoms with Crippen LogP contribution in [0, 0.1) is 17.8 Å². The minimum absolute atomic E-state index is 0.186. The first-order chi connectivity index (χ1) is 7.90. The van der Waals surface area contributed by atoms with E-state index < -0.39 is 5.60 Å². The minimum atomic E-state index is -0.413. The summed E-state index contributed by atoms with van der Waals surface area (Å²) >= 11 is 0. The molecule has 1 aliphatic carbocycles. The highest BCUT2D eigenvalue weighted by molar-refractivity contribution is 5.68. The zero-order valence-electron chi connectivity index (χ0n) is 11.0. The number of nitrogens with zero attached hydrogens (tertiary/aromatic N) is 1. The maximum atomic E-state index is 11.9. The summed E-state index contributed by atoms with van der Waals surface area (Å²) in [4.78, 5) is 13.7. The Morgan fingerprint density at radius 3 is 2.71 bits per heavy atom. The zero-order valence-corrected chi connectivity index (χ0v) is 11.0. The van der Waals surface area contributed by atoms with E-state index >= 15 is 0 Å². The molecule has 0 aromatic rings. The van der Waals surface area contributed by atoms with Crippen LogP contribution in [0.5, 0.6) is 0 Å². The number of fused-ring (bicyclic) bond motifs is 1. The van der Waals surface area contributed by atoms with Gasteiger partial charge in [-0.05, 0) is 51.4 Å². The molecule has 3 atom stereocenters. The molecule has 17 heavy (non-hydrogen) atoms. The summed E-state index contributed by atoms with van der Waals surface area (Å²) in [6.07, 6.45) is 1.85. The second-order valence-electron chi connectivity index (χ2n) is 6.32. The number of aliphatic hydroxyl groups excluding tert-OH is 1. The lowest BCUT2D eigenvalue weighted by Gasteiger charge is -2.38. The molecule has 1 saturated carbocycles. The van der Waals surface area contributed by atoms with E-state index in [1.165, 1.54) is 0 Å². The fourth-order valence-electron chi connectivity index (χ4n) is 3.02. The van der Waals surface area contributed by atoms with Crippen molar-refractivity contribution in [3.8, 4) is 0 Å². The van der Waals surface area contributed by atoms with E-state index in [9.17, 15) is 4.79 Å². The van der Waals surface area contributed by atoms with Gasteiger partial charge in [-0.3, -0.25) is 0 Å². The zero-order chi connectivity index (χ0) is 12.6. The molecular weight excluding hydrogens is 218 g/mol. The summed E-state index contributed by atoms with van der Waals surface area (Å²) in [6, 6.07) is 0. The fraction of sp³-hybridized carbons (Fsp3) is 0.923. The second kappa shape index (κ2) is 4.48. The molecule has 1 saturated heterocycles. The molecular formula is C13H23NO3. The number of hydrogen-bond acceptors (Lipinski definition) is 3. The maximum Gasteiger partial charge on any atom is 0.410 e. The lowest BCUT2D eigenvalue weighted by atomic mass is 9.65. The summed E-state index contributed by atoms with van der Waals surface area (Å²) in [6.45, 7) is 7.59. The van der Waals surface area contributed by atoms with Crippen molar-refractivity contribution >= 4 is 6.09 Å². The molecule has 1 aliphatic heterocycles. The van der Waals surface area contributed by atoms with Crippen LogP contribution in [0.4, 0.5) is 4.79 Å². The van der Waals surface area contributed by atoms with Crippen LogP contribution in [0.2, 0.25) is 0 Å². The quantitative estimate of drug-likeness (QED) is 0.803. The third kappa shape index (κ3) is 2.73. The van der Waals surface area contributed by atoms with Gasteiger partial charge < -0.3 is 14.7 Å². The largest absolute Gasteiger partial charge is 0.444 e. The van der Waals surface area contributed by atoms with Crippen LogP contribution in [0.15, 0.2) is 0 Å². The summed E-state index contributed by atoms with van der Waals surface area (Å²) in [7, 11) is 0. The Morgan fingerprint density at radius 1 is 1.41 bits per heavy atom. The smallest absolute Gasteiger partial charge is 0.410 e. The van der Waals surface area contributed by atoms with Gasteiger partial charge in [-0.2, -0.15) is 0 Å². The highest BCUT2D eigenvalue weighted by atomic mass is 16.6. The first-order valence-electron chi connectivity index (χ1n) is 6.49. The lowest BCUT2D eigenvalue weighted by Crippen LogP contribution is -2.36. The Balaban J connectivity index is 1.84. The molecule has 2 fully saturated rings. The number of likely N-dealkylation sites (tertiary alicyclic amines) is 1.